The van der Waals surface area contributed by atoms with Crippen LogP contribution in [-0.4, -0.2) is 11.2 Å². The Kier molecular flexibility index (Phi) is 3.81. The third kappa shape index (κ3) is 2.78. The lowest BCUT2D eigenvalue weighted by Crippen LogP contribution is -2.01. The molecule has 6 rings (SSSR count). The molecule has 138 valence electrons. The molecule has 1 aliphatic carbocycles. The quantitative estimate of drug-likeness (QED) is 0.236. The van der Waals surface area contributed by atoms with E-state index in [1.54, 1.807) is 11.3 Å². The summed E-state index contributed by atoms with van der Waals surface area (Å²) >= 11 is 1.70. The molecule has 0 saturated carbocycles. The normalized spacial score (nSPS) is 13.1. The van der Waals surface area contributed by atoms with E-state index in [9.17, 15) is 0 Å². The van der Waals surface area contributed by atoms with Crippen LogP contribution in [0.1, 0.15) is 16.8 Å². The van der Waals surface area contributed by atoms with Crippen LogP contribution in [0.5, 0.6) is 0 Å². The molecule has 1 heterocycles. The van der Waals surface area contributed by atoms with Crippen molar-refractivity contribution in [2.45, 2.75) is 12.8 Å². The number of aromatic nitrogens is 1. The Labute approximate surface area is 173 Å². The first kappa shape index (κ1) is 16.6. The highest BCUT2D eigenvalue weighted by molar-refractivity contribution is 7.18. The molecule has 0 amide bonds. The van der Waals surface area contributed by atoms with Gasteiger partial charge in [0.15, 0.2) is 0 Å². The molecule has 1 aromatic heterocycles. The first-order valence-electron chi connectivity index (χ1n) is 9.89. The van der Waals surface area contributed by atoms with Crippen molar-refractivity contribution in [1.82, 2.24) is 4.98 Å². The number of aliphatic imine (C=N–C) groups is 1. The fourth-order valence-corrected chi connectivity index (χ4v) is 5.31. The predicted molar refractivity (Wildman–Crippen MR) is 124 cm³/mol. The molecular weight excluding hydrogens is 372 g/mol. The van der Waals surface area contributed by atoms with E-state index in [0.29, 0.717) is 0 Å². The van der Waals surface area contributed by atoms with E-state index < -0.39 is 0 Å². The van der Waals surface area contributed by atoms with E-state index >= 15 is 0 Å². The highest BCUT2D eigenvalue weighted by atomic mass is 32.1. The van der Waals surface area contributed by atoms with E-state index in [0.717, 1.165) is 23.5 Å². The third-order valence-corrected chi connectivity index (χ3v) is 6.74. The van der Waals surface area contributed by atoms with Gasteiger partial charge in [-0.3, -0.25) is 0 Å². The number of thiazole rings is 1. The molecule has 5 aromatic rings. The van der Waals surface area contributed by atoms with E-state index in [-0.39, 0.29) is 0 Å². The minimum Gasteiger partial charge on any atom is -0.227 e. The summed E-state index contributed by atoms with van der Waals surface area (Å²) < 4.78 is 0. The summed E-state index contributed by atoms with van der Waals surface area (Å²) in [4.78, 5) is 11.0. The molecule has 0 bridgehead atoms. The van der Waals surface area contributed by atoms with Crippen molar-refractivity contribution in [3.8, 4) is 10.4 Å². The maximum Gasteiger partial charge on any atom is 0.209 e. The standard InChI is InChI=1S/C26H18N2S/c1-6-12-22-17(7-1)13-14-24-25(22)29-26(28-24)27-16-23-20-10-4-2-8-18(20)15-19-9-3-5-11-21(19)23/h1-12,15-16H,13-14H2. The van der Waals surface area contributed by atoms with Gasteiger partial charge in [0.25, 0.3) is 0 Å². The van der Waals surface area contributed by atoms with Crippen molar-refractivity contribution in [2.24, 2.45) is 4.99 Å². The maximum atomic E-state index is 4.85. The maximum absolute atomic E-state index is 4.85. The minimum atomic E-state index is 0.837. The first-order valence-corrected chi connectivity index (χ1v) is 10.7. The number of hydrogen-bond donors (Lipinski definition) is 0. The average molecular weight is 391 g/mol. The summed E-state index contributed by atoms with van der Waals surface area (Å²) in [5, 5.41) is 5.76. The fraction of sp³-hybridized carbons (Fsp3) is 0.0769. The van der Waals surface area contributed by atoms with Gasteiger partial charge in [-0.25, -0.2) is 9.98 Å². The van der Waals surface area contributed by atoms with Crippen molar-refractivity contribution >= 4 is 44.2 Å². The van der Waals surface area contributed by atoms with Crippen molar-refractivity contribution in [3.05, 3.63) is 95.7 Å². The number of aryl methyl sites for hydroxylation is 2. The van der Waals surface area contributed by atoms with Crippen LogP contribution in [0.15, 0.2) is 83.9 Å². The average Bonchev–Trinajstić information content (AvgIpc) is 3.20. The SMILES string of the molecule is C(=Nc1nc2c(s1)-c1ccccc1CC2)c1c2ccccc2cc2ccccc12. The van der Waals surface area contributed by atoms with E-state index in [4.69, 9.17) is 9.98 Å². The third-order valence-electron chi connectivity index (χ3n) is 5.70. The fourth-order valence-electron chi connectivity index (χ4n) is 4.29. The Morgan fingerprint density at radius 2 is 1.48 bits per heavy atom. The summed E-state index contributed by atoms with van der Waals surface area (Å²) in [7, 11) is 0. The summed E-state index contributed by atoms with van der Waals surface area (Å²) in [6.07, 6.45) is 4.06. The lowest BCUT2D eigenvalue weighted by Gasteiger charge is -2.13. The summed E-state index contributed by atoms with van der Waals surface area (Å²) in [6, 6.07) is 27.9. The monoisotopic (exact) mass is 390 g/mol. The first-order chi connectivity index (χ1) is 14.4. The molecule has 0 N–H and O–H groups in total. The number of benzene rings is 4. The molecule has 4 aromatic carbocycles. The number of rotatable bonds is 2. The predicted octanol–water partition coefficient (Wildman–Crippen LogP) is 6.97. The van der Waals surface area contributed by atoms with Gasteiger partial charge in [0.1, 0.15) is 0 Å². The molecule has 2 nitrogen and oxygen atoms in total. The van der Waals surface area contributed by atoms with Gasteiger partial charge in [0.05, 0.1) is 10.6 Å². The number of fused-ring (bicyclic) bond motifs is 5. The van der Waals surface area contributed by atoms with Crippen molar-refractivity contribution in [1.29, 1.82) is 0 Å². The minimum absolute atomic E-state index is 0.837. The molecule has 1 aliphatic rings. The van der Waals surface area contributed by atoms with Crippen LogP contribution in [0.2, 0.25) is 0 Å². The lowest BCUT2D eigenvalue weighted by atomic mass is 9.94. The van der Waals surface area contributed by atoms with Crippen LogP contribution in [-0.2, 0) is 12.8 Å². The van der Waals surface area contributed by atoms with Crippen LogP contribution in [0.25, 0.3) is 32.0 Å². The second kappa shape index (κ2) is 6.64. The summed E-state index contributed by atoms with van der Waals surface area (Å²) in [5.41, 5.74) is 5.08. The van der Waals surface area contributed by atoms with Gasteiger partial charge in [0, 0.05) is 11.8 Å². The van der Waals surface area contributed by atoms with Crippen molar-refractivity contribution in [2.75, 3.05) is 0 Å². The molecule has 0 saturated heterocycles. The van der Waals surface area contributed by atoms with Crippen molar-refractivity contribution in [3.63, 3.8) is 0 Å². The van der Waals surface area contributed by atoms with E-state index in [2.05, 4.69) is 78.9 Å². The second-order valence-corrected chi connectivity index (χ2v) is 8.40. The summed E-state index contributed by atoms with van der Waals surface area (Å²) in [5.74, 6) is 0. The van der Waals surface area contributed by atoms with Gasteiger partial charge < -0.3 is 0 Å². The topological polar surface area (TPSA) is 25.2 Å². The van der Waals surface area contributed by atoms with Gasteiger partial charge in [-0.05, 0) is 51.6 Å². The van der Waals surface area contributed by atoms with E-state index in [1.165, 1.54) is 43.2 Å². The van der Waals surface area contributed by atoms with Crippen LogP contribution in [0.4, 0.5) is 5.13 Å². The molecule has 0 unspecified atom stereocenters. The Balaban J connectivity index is 1.49. The largest absolute Gasteiger partial charge is 0.227 e. The highest BCUT2D eigenvalue weighted by Gasteiger charge is 2.20. The lowest BCUT2D eigenvalue weighted by molar-refractivity contribution is 0.910. The Morgan fingerprint density at radius 3 is 2.28 bits per heavy atom. The Hall–Kier alpha value is -3.30. The van der Waals surface area contributed by atoms with Gasteiger partial charge in [-0.2, -0.15) is 0 Å². The molecule has 0 spiro atoms. The Bertz CT molecular complexity index is 1360. The number of hydrogen-bond acceptors (Lipinski definition) is 3. The second-order valence-electron chi connectivity index (χ2n) is 7.42. The zero-order valence-electron chi connectivity index (χ0n) is 15.8. The molecular formula is C26H18N2S. The van der Waals surface area contributed by atoms with Gasteiger partial charge in [0.2, 0.25) is 5.13 Å². The molecule has 0 aliphatic heterocycles. The zero-order valence-corrected chi connectivity index (χ0v) is 16.6. The van der Waals surface area contributed by atoms with Crippen LogP contribution in [0, 0.1) is 0 Å². The smallest absolute Gasteiger partial charge is 0.209 e. The van der Waals surface area contributed by atoms with E-state index in [1.807, 2.05) is 6.21 Å². The van der Waals surface area contributed by atoms with Gasteiger partial charge >= 0.3 is 0 Å². The highest BCUT2D eigenvalue weighted by Crippen LogP contribution is 2.40. The zero-order chi connectivity index (χ0) is 19.2. The van der Waals surface area contributed by atoms with Crippen LogP contribution >= 0.6 is 11.3 Å². The number of nitrogens with zero attached hydrogens (tertiary/aromatic N) is 2. The summed E-state index contributed by atoms with van der Waals surface area (Å²) in [6.45, 7) is 0. The van der Waals surface area contributed by atoms with Gasteiger partial charge in [-0.1, -0.05) is 84.1 Å². The van der Waals surface area contributed by atoms with Crippen molar-refractivity contribution < 1.29 is 0 Å². The van der Waals surface area contributed by atoms with Gasteiger partial charge in [-0.15, -0.1) is 0 Å². The Morgan fingerprint density at radius 1 is 0.793 bits per heavy atom. The molecule has 29 heavy (non-hydrogen) atoms. The molecule has 0 atom stereocenters. The van der Waals surface area contributed by atoms with Crippen LogP contribution in [0.3, 0.4) is 0 Å². The molecule has 0 radical (unpaired) electrons. The van der Waals surface area contributed by atoms with Crippen LogP contribution < -0.4 is 0 Å². The molecule has 3 heteroatoms. The molecule has 0 fully saturated rings.